The fourth-order valence-electron chi connectivity index (χ4n) is 2.36. The number of hydrogen-bond donors (Lipinski definition) is 0. The van der Waals surface area contributed by atoms with Gasteiger partial charge >= 0.3 is 0 Å². The molecule has 1 aromatic heterocycles. The van der Waals surface area contributed by atoms with Crippen LogP contribution in [-0.2, 0) is 19.4 Å². The van der Waals surface area contributed by atoms with Crippen LogP contribution in [0.5, 0.6) is 0 Å². The third-order valence-electron chi connectivity index (χ3n) is 3.61. The number of hydrogen-bond acceptors (Lipinski definition) is 1. The molecule has 106 valence electrons. The van der Waals surface area contributed by atoms with Gasteiger partial charge in [-0.3, -0.25) is 4.79 Å². The fourth-order valence-corrected chi connectivity index (χ4v) is 2.36. The van der Waals surface area contributed by atoms with Crippen LogP contribution >= 0.6 is 0 Å². The van der Waals surface area contributed by atoms with Gasteiger partial charge in [0.25, 0.3) is 5.56 Å². The molecule has 0 atom stereocenters. The van der Waals surface area contributed by atoms with E-state index in [9.17, 15) is 4.79 Å². The van der Waals surface area contributed by atoms with E-state index in [0.717, 1.165) is 19.4 Å². The van der Waals surface area contributed by atoms with Crippen LogP contribution in [-0.4, -0.2) is 4.57 Å². The molecule has 0 fully saturated rings. The van der Waals surface area contributed by atoms with E-state index in [0.29, 0.717) is 0 Å². The van der Waals surface area contributed by atoms with E-state index in [1.54, 1.807) is 10.6 Å². The smallest absolute Gasteiger partial charge is 0.250 e. The van der Waals surface area contributed by atoms with Crippen molar-refractivity contribution in [3.63, 3.8) is 0 Å². The summed E-state index contributed by atoms with van der Waals surface area (Å²) in [5.74, 6) is 0. The summed E-state index contributed by atoms with van der Waals surface area (Å²) in [5, 5.41) is 0. The third kappa shape index (κ3) is 4.37. The first-order chi connectivity index (χ1) is 9.79. The van der Waals surface area contributed by atoms with Gasteiger partial charge in [-0.15, -0.1) is 0 Å². The fraction of sp³-hybridized carbons (Fsp3) is 0.389. The molecule has 1 heterocycles. The summed E-state index contributed by atoms with van der Waals surface area (Å²) in [6.07, 6.45) is 7.47. The molecule has 0 saturated heterocycles. The van der Waals surface area contributed by atoms with Crippen molar-refractivity contribution < 1.29 is 0 Å². The predicted octanol–water partition coefficient (Wildman–Crippen LogP) is 3.82. The molecule has 0 spiro atoms. The van der Waals surface area contributed by atoms with Crippen molar-refractivity contribution in [3.05, 3.63) is 70.1 Å². The number of nitrogens with zero attached hydrogens (tertiary/aromatic N) is 1. The molecule has 0 unspecified atom stereocenters. The summed E-state index contributed by atoms with van der Waals surface area (Å²) in [6, 6.07) is 14.2. The maximum Gasteiger partial charge on any atom is 0.250 e. The number of aryl methyl sites for hydroxylation is 3. The van der Waals surface area contributed by atoms with Crippen molar-refractivity contribution in [2.45, 2.75) is 45.6 Å². The highest BCUT2D eigenvalue weighted by Gasteiger charge is 2.00. The lowest BCUT2D eigenvalue weighted by Crippen LogP contribution is -2.20. The second-order valence-corrected chi connectivity index (χ2v) is 5.26. The number of unbranched alkanes of at least 4 members (excludes halogenated alkanes) is 2. The molecule has 0 saturated carbocycles. The van der Waals surface area contributed by atoms with E-state index in [1.165, 1.54) is 30.4 Å². The molecule has 2 heteroatoms. The molecule has 0 N–H and O–H groups in total. The van der Waals surface area contributed by atoms with Crippen LogP contribution in [0.4, 0.5) is 0 Å². The zero-order valence-corrected chi connectivity index (χ0v) is 12.2. The lowest BCUT2D eigenvalue weighted by Gasteiger charge is -2.07. The first kappa shape index (κ1) is 14.6. The second kappa shape index (κ2) is 7.68. The molecular formula is C18H23NO. The molecule has 1 aromatic carbocycles. The van der Waals surface area contributed by atoms with Gasteiger partial charge < -0.3 is 4.57 Å². The normalized spacial score (nSPS) is 10.7. The lowest BCUT2D eigenvalue weighted by atomic mass is 10.1. The van der Waals surface area contributed by atoms with Gasteiger partial charge in [0.15, 0.2) is 0 Å². The van der Waals surface area contributed by atoms with E-state index in [1.807, 2.05) is 24.4 Å². The number of aromatic nitrogens is 1. The van der Waals surface area contributed by atoms with Gasteiger partial charge in [0.2, 0.25) is 0 Å². The van der Waals surface area contributed by atoms with Crippen LogP contribution in [0.15, 0.2) is 53.5 Å². The summed E-state index contributed by atoms with van der Waals surface area (Å²) >= 11 is 0. The largest absolute Gasteiger partial charge is 0.315 e. The topological polar surface area (TPSA) is 22.0 Å². The SMILES string of the molecule is CCCCCc1ccn(CCc2ccccc2)c(=O)c1. The Morgan fingerprint density at radius 1 is 0.950 bits per heavy atom. The molecule has 0 aliphatic heterocycles. The average Bonchev–Trinajstić information content (AvgIpc) is 2.48. The van der Waals surface area contributed by atoms with E-state index in [4.69, 9.17) is 0 Å². The Balaban J connectivity index is 1.94. The first-order valence-corrected chi connectivity index (χ1v) is 7.53. The summed E-state index contributed by atoms with van der Waals surface area (Å²) in [4.78, 5) is 12.1. The van der Waals surface area contributed by atoms with Crippen LogP contribution in [0.25, 0.3) is 0 Å². The van der Waals surface area contributed by atoms with Crippen LogP contribution in [0.1, 0.15) is 37.3 Å². The molecule has 0 amide bonds. The van der Waals surface area contributed by atoms with Gasteiger partial charge in [0, 0.05) is 18.8 Å². The first-order valence-electron chi connectivity index (χ1n) is 7.53. The number of rotatable bonds is 7. The Kier molecular flexibility index (Phi) is 5.60. The lowest BCUT2D eigenvalue weighted by molar-refractivity contribution is 0.662. The van der Waals surface area contributed by atoms with Crippen molar-refractivity contribution in [3.8, 4) is 0 Å². The molecular weight excluding hydrogens is 246 g/mol. The Labute approximate surface area is 121 Å². The molecule has 2 rings (SSSR count). The van der Waals surface area contributed by atoms with Crippen LogP contribution in [0.2, 0.25) is 0 Å². The molecule has 20 heavy (non-hydrogen) atoms. The van der Waals surface area contributed by atoms with Gasteiger partial charge in [0.1, 0.15) is 0 Å². The maximum atomic E-state index is 12.1. The van der Waals surface area contributed by atoms with E-state index in [2.05, 4.69) is 25.1 Å². The highest BCUT2D eigenvalue weighted by atomic mass is 16.1. The highest BCUT2D eigenvalue weighted by Crippen LogP contribution is 2.05. The summed E-state index contributed by atoms with van der Waals surface area (Å²) < 4.78 is 1.80. The average molecular weight is 269 g/mol. The minimum Gasteiger partial charge on any atom is -0.315 e. The molecule has 2 nitrogen and oxygen atoms in total. The summed E-state index contributed by atoms with van der Waals surface area (Å²) in [5.41, 5.74) is 2.56. The van der Waals surface area contributed by atoms with Crippen LogP contribution in [0, 0.1) is 0 Å². The van der Waals surface area contributed by atoms with Crippen LogP contribution in [0.3, 0.4) is 0 Å². The zero-order chi connectivity index (χ0) is 14.2. The van der Waals surface area contributed by atoms with Crippen molar-refractivity contribution in [1.29, 1.82) is 0 Å². The Morgan fingerprint density at radius 3 is 2.45 bits per heavy atom. The molecule has 0 aliphatic rings. The number of pyridine rings is 1. The van der Waals surface area contributed by atoms with Gasteiger partial charge in [-0.05, 0) is 36.5 Å². The summed E-state index contributed by atoms with van der Waals surface area (Å²) in [7, 11) is 0. The molecule has 2 aromatic rings. The standard InChI is InChI=1S/C18H23NO/c1-2-3-5-10-17-12-14-19(18(20)15-17)13-11-16-8-6-4-7-9-16/h4,6-9,12,14-15H,2-3,5,10-11,13H2,1H3. The Bertz CT molecular complexity index is 571. The Morgan fingerprint density at radius 2 is 1.75 bits per heavy atom. The van der Waals surface area contributed by atoms with Crippen LogP contribution < -0.4 is 5.56 Å². The minimum absolute atomic E-state index is 0.120. The van der Waals surface area contributed by atoms with E-state index in [-0.39, 0.29) is 5.56 Å². The highest BCUT2D eigenvalue weighted by molar-refractivity contribution is 5.15. The molecule has 0 bridgehead atoms. The monoisotopic (exact) mass is 269 g/mol. The third-order valence-corrected chi connectivity index (χ3v) is 3.61. The molecule has 0 aliphatic carbocycles. The van der Waals surface area contributed by atoms with Gasteiger partial charge in [-0.25, -0.2) is 0 Å². The van der Waals surface area contributed by atoms with Gasteiger partial charge in [-0.1, -0.05) is 50.1 Å². The maximum absolute atomic E-state index is 12.1. The van der Waals surface area contributed by atoms with Crippen molar-refractivity contribution in [2.75, 3.05) is 0 Å². The summed E-state index contributed by atoms with van der Waals surface area (Å²) in [6.45, 7) is 2.94. The number of benzene rings is 1. The van der Waals surface area contributed by atoms with Crippen molar-refractivity contribution in [2.24, 2.45) is 0 Å². The minimum atomic E-state index is 0.120. The second-order valence-electron chi connectivity index (χ2n) is 5.26. The predicted molar refractivity (Wildman–Crippen MR) is 84.1 cm³/mol. The quantitative estimate of drug-likeness (QED) is 0.700. The van der Waals surface area contributed by atoms with Crippen molar-refractivity contribution in [1.82, 2.24) is 4.57 Å². The zero-order valence-electron chi connectivity index (χ0n) is 12.2. The van der Waals surface area contributed by atoms with Gasteiger partial charge in [0.05, 0.1) is 0 Å². The van der Waals surface area contributed by atoms with E-state index >= 15 is 0 Å². The van der Waals surface area contributed by atoms with Crippen molar-refractivity contribution >= 4 is 0 Å². The Hall–Kier alpha value is -1.83. The van der Waals surface area contributed by atoms with Gasteiger partial charge in [-0.2, -0.15) is 0 Å². The molecule has 0 radical (unpaired) electrons. The van der Waals surface area contributed by atoms with E-state index < -0.39 is 0 Å².